The summed E-state index contributed by atoms with van der Waals surface area (Å²) in [5.41, 5.74) is 1.32. The number of aromatic nitrogens is 1. The fourth-order valence-corrected chi connectivity index (χ4v) is 2.25. The smallest absolute Gasteiger partial charge is 0.253 e. The molecular weight excluding hydrogens is 266 g/mol. The second kappa shape index (κ2) is 5.41. The predicted octanol–water partition coefficient (Wildman–Crippen LogP) is 0.447. The van der Waals surface area contributed by atoms with Crippen molar-refractivity contribution < 1.29 is 13.2 Å². The molecule has 0 atom stereocenters. The number of amides is 1. The maximum atomic E-state index is 12.0. The maximum absolute atomic E-state index is 12.0. The first kappa shape index (κ1) is 13.6. The molecule has 19 heavy (non-hydrogen) atoms. The zero-order chi connectivity index (χ0) is 13.9. The van der Waals surface area contributed by atoms with Crippen molar-refractivity contribution in [3.8, 4) is 0 Å². The van der Waals surface area contributed by atoms with Gasteiger partial charge in [-0.2, -0.15) is 0 Å². The van der Waals surface area contributed by atoms with Gasteiger partial charge in [-0.05, 0) is 12.1 Å². The van der Waals surface area contributed by atoms with Crippen LogP contribution in [0.3, 0.4) is 0 Å². The molecule has 1 aromatic carbocycles. The zero-order valence-corrected chi connectivity index (χ0v) is 11.3. The Morgan fingerprint density at radius 3 is 2.79 bits per heavy atom. The second-order valence-electron chi connectivity index (χ2n) is 4.17. The van der Waals surface area contributed by atoms with Crippen LogP contribution in [0, 0.1) is 0 Å². The van der Waals surface area contributed by atoms with Crippen molar-refractivity contribution in [2.24, 2.45) is 0 Å². The number of para-hydroxylation sites is 1. The molecule has 1 heterocycles. The SMILES string of the molecule is CS(=O)(=O)NCCNC(=O)c1cccc2cc[nH]c12. The molecule has 0 saturated heterocycles. The molecule has 0 unspecified atom stereocenters. The molecule has 0 bridgehead atoms. The molecule has 0 aliphatic heterocycles. The van der Waals surface area contributed by atoms with Gasteiger partial charge in [0.1, 0.15) is 0 Å². The Morgan fingerprint density at radius 1 is 1.26 bits per heavy atom. The van der Waals surface area contributed by atoms with E-state index in [1.54, 1.807) is 18.3 Å². The summed E-state index contributed by atoms with van der Waals surface area (Å²) in [5.74, 6) is -0.233. The van der Waals surface area contributed by atoms with Crippen LogP contribution in [0.15, 0.2) is 30.5 Å². The fourth-order valence-electron chi connectivity index (χ4n) is 1.78. The Labute approximate surface area is 111 Å². The zero-order valence-electron chi connectivity index (χ0n) is 10.4. The number of carbonyl (C=O) groups is 1. The number of benzene rings is 1. The molecule has 0 saturated carbocycles. The van der Waals surface area contributed by atoms with E-state index in [1.807, 2.05) is 12.1 Å². The van der Waals surface area contributed by atoms with Gasteiger partial charge in [-0.3, -0.25) is 4.79 Å². The van der Waals surface area contributed by atoms with Gasteiger partial charge in [0.2, 0.25) is 10.0 Å². The number of hydrogen-bond acceptors (Lipinski definition) is 3. The molecule has 0 aliphatic rings. The van der Waals surface area contributed by atoms with Crippen molar-refractivity contribution in [3.63, 3.8) is 0 Å². The van der Waals surface area contributed by atoms with Crippen LogP contribution in [-0.2, 0) is 10.0 Å². The third kappa shape index (κ3) is 3.55. The van der Waals surface area contributed by atoms with E-state index in [-0.39, 0.29) is 19.0 Å². The van der Waals surface area contributed by atoms with Gasteiger partial charge in [0.05, 0.1) is 17.3 Å². The van der Waals surface area contributed by atoms with Gasteiger partial charge < -0.3 is 10.3 Å². The van der Waals surface area contributed by atoms with Gasteiger partial charge in [0, 0.05) is 24.7 Å². The summed E-state index contributed by atoms with van der Waals surface area (Å²) in [6, 6.07) is 7.32. The van der Waals surface area contributed by atoms with Crippen molar-refractivity contribution in [1.82, 2.24) is 15.0 Å². The number of aromatic amines is 1. The molecule has 0 radical (unpaired) electrons. The Balaban J connectivity index is 1.99. The van der Waals surface area contributed by atoms with Gasteiger partial charge in [0.25, 0.3) is 5.91 Å². The lowest BCUT2D eigenvalue weighted by Crippen LogP contribution is -2.34. The number of hydrogen-bond donors (Lipinski definition) is 3. The summed E-state index contributed by atoms with van der Waals surface area (Å²) < 4.78 is 24.0. The van der Waals surface area contributed by atoms with Crippen molar-refractivity contribution in [1.29, 1.82) is 0 Å². The molecule has 6 nitrogen and oxygen atoms in total. The molecule has 0 spiro atoms. The Kier molecular flexibility index (Phi) is 3.87. The summed E-state index contributed by atoms with van der Waals surface area (Å²) in [6.07, 6.45) is 2.85. The lowest BCUT2D eigenvalue weighted by atomic mass is 10.1. The summed E-state index contributed by atoms with van der Waals surface area (Å²) in [4.78, 5) is 15.0. The van der Waals surface area contributed by atoms with E-state index in [2.05, 4.69) is 15.0 Å². The van der Waals surface area contributed by atoms with Crippen LogP contribution in [0.2, 0.25) is 0 Å². The topological polar surface area (TPSA) is 91.1 Å². The third-order valence-corrected chi connectivity index (χ3v) is 3.34. The van der Waals surface area contributed by atoms with Crippen LogP contribution in [0.4, 0.5) is 0 Å². The Morgan fingerprint density at radius 2 is 2.05 bits per heavy atom. The van der Waals surface area contributed by atoms with E-state index in [0.717, 1.165) is 17.2 Å². The fraction of sp³-hybridized carbons (Fsp3) is 0.250. The van der Waals surface area contributed by atoms with Crippen LogP contribution >= 0.6 is 0 Å². The predicted molar refractivity (Wildman–Crippen MR) is 73.5 cm³/mol. The molecular formula is C12H15N3O3S. The van der Waals surface area contributed by atoms with Crippen molar-refractivity contribution in [3.05, 3.63) is 36.0 Å². The number of H-pyrrole nitrogens is 1. The molecule has 0 aliphatic carbocycles. The number of nitrogens with one attached hydrogen (secondary N) is 3. The van der Waals surface area contributed by atoms with Crippen molar-refractivity contribution >= 4 is 26.8 Å². The minimum Gasteiger partial charge on any atom is -0.361 e. The normalized spacial score (nSPS) is 11.6. The molecule has 2 rings (SSSR count). The third-order valence-electron chi connectivity index (χ3n) is 2.61. The highest BCUT2D eigenvalue weighted by molar-refractivity contribution is 7.88. The standard InChI is InChI=1S/C12H15N3O3S/c1-19(17,18)15-8-7-14-12(16)10-4-2-3-9-5-6-13-11(9)10/h2-6,13,15H,7-8H2,1H3,(H,14,16). The minimum atomic E-state index is -3.22. The summed E-state index contributed by atoms with van der Waals surface area (Å²) in [6.45, 7) is 0.411. The highest BCUT2D eigenvalue weighted by Gasteiger charge is 2.10. The van der Waals surface area contributed by atoms with Gasteiger partial charge in [-0.15, -0.1) is 0 Å². The number of rotatable bonds is 5. The minimum absolute atomic E-state index is 0.172. The average Bonchev–Trinajstić information content (AvgIpc) is 2.81. The number of fused-ring (bicyclic) bond motifs is 1. The molecule has 0 fully saturated rings. The van der Waals surface area contributed by atoms with Crippen molar-refractivity contribution in [2.45, 2.75) is 0 Å². The number of carbonyl (C=O) groups excluding carboxylic acids is 1. The van der Waals surface area contributed by atoms with E-state index in [0.29, 0.717) is 5.56 Å². The number of sulfonamides is 1. The summed E-state index contributed by atoms with van der Waals surface area (Å²) in [7, 11) is -3.22. The largest absolute Gasteiger partial charge is 0.361 e. The highest BCUT2D eigenvalue weighted by Crippen LogP contribution is 2.16. The molecule has 102 valence electrons. The molecule has 1 aromatic heterocycles. The van der Waals surface area contributed by atoms with Crippen LogP contribution in [-0.4, -0.2) is 38.7 Å². The first-order chi connectivity index (χ1) is 8.97. The monoisotopic (exact) mass is 281 g/mol. The average molecular weight is 281 g/mol. The van der Waals surface area contributed by atoms with Crippen LogP contribution < -0.4 is 10.0 Å². The highest BCUT2D eigenvalue weighted by atomic mass is 32.2. The van der Waals surface area contributed by atoms with Crippen molar-refractivity contribution in [2.75, 3.05) is 19.3 Å². The van der Waals surface area contributed by atoms with E-state index in [1.165, 1.54) is 0 Å². The van der Waals surface area contributed by atoms with Gasteiger partial charge in [-0.25, -0.2) is 13.1 Å². The summed E-state index contributed by atoms with van der Waals surface area (Å²) >= 11 is 0. The van der Waals surface area contributed by atoms with Gasteiger partial charge >= 0.3 is 0 Å². The molecule has 7 heteroatoms. The van der Waals surface area contributed by atoms with Gasteiger partial charge in [-0.1, -0.05) is 12.1 Å². The van der Waals surface area contributed by atoms with Crippen LogP contribution in [0.25, 0.3) is 10.9 Å². The van der Waals surface area contributed by atoms with E-state index >= 15 is 0 Å². The lowest BCUT2D eigenvalue weighted by Gasteiger charge is -2.06. The van der Waals surface area contributed by atoms with Crippen LogP contribution in [0.5, 0.6) is 0 Å². The van der Waals surface area contributed by atoms with Crippen LogP contribution in [0.1, 0.15) is 10.4 Å². The second-order valence-corrected chi connectivity index (χ2v) is 6.00. The van der Waals surface area contributed by atoms with E-state index < -0.39 is 10.0 Å². The Hall–Kier alpha value is -1.86. The first-order valence-corrected chi connectivity index (χ1v) is 7.65. The lowest BCUT2D eigenvalue weighted by molar-refractivity contribution is 0.0956. The van der Waals surface area contributed by atoms with E-state index in [4.69, 9.17) is 0 Å². The quantitative estimate of drug-likeness (QED) is 0.695. The summed E-state index contributed by atoms with van der Waals surface area (Å²) in [5, 5.41) is 3.63. The van der Waals surface area contributed by atoms with Gasteiger partial charge in [0.15, 0.2) is 0 Å². The molecule has 2 aromatic rings. The maximum Gasteiger partial charge on any atom is 0.253 e. The van der Waals surface area contributed by atoms with E-state index in [9.17, 15) is 13.2 Å². The molecule has 1 amide bonds. The molecule has 3 N–H and O–H groups in total. The Bertz CT molecular complexity index is 691. The first-order valence-electron chi connectivity index (χ1n) is 5.76.